The zero-order valence-electron chi connectivity index (χ0n) is 21.3. The van der Waals surface area contributed by atoms with Crippen LogP contribution < -0.4 is 0 Å². The standard InChI is InChI=1S/C27H48O7/c1-14(13-28)6-5-7-15(2)19-22(31)23(32)20-18-17(9-10-25(19,20)3)26(4)11-8-16(29)12-27(26,34)24(33)21(18)30/h14-24,28-34H,5-13H2,1-4H3/t14-,15+,16-,17+,18+,19-,20-,21-,22+,23+,24+,25+,26+,27-/m0/s1. The summed E-state index contributed by atoms with van der Waals surface area (Å²) in [7, 11) is 0. The van der Waals surface area contributed by atoms with Crippen molar-refractivity contribution < 1.29 is 35.7 Å². The Hall–Kier alpha value is -0.280. The highest BCUT2D eigenvalue weighted by molar-refractivity contribution is 5.21. The van der Waals surface area contributed by atoms with Crippen LogP contribution in [0.1, 0.15) is 79.1 Å². The van der Waals surface area contributed by atoms with E-state index in [1.807, 2.05) is 13.8 Å². The largest absolute Gasteiger partial charge is 0.396 e. The number of rotatable bonds is 6. The Kier molecular flexibility index (Phi) is 7.27. The summed E-state index contributed by atoms with van der Waals surface area (Å²) >= 11 is 0. The van der Waals surface area contributed by atoms with Gasteiger partial charge in [0.05, 0.1) is 24.4 Å². The third-order valence-electron chi connectivity index (χ3n) is 11.3. The topological polar surface area (TPSA) is 142 Å². The molecule has 0 aromatic rings. The first kappa shape index (κ1) is 26.8. The average Bonchev–Trinajstić information content (AvgIpc) is 2.99. The summed E-state index contributed by atoms with van der Waals surface area (Å²) in [5, 5.41) is 76.5. The van der Waals surface area contributed by atoms with Gasteiger partial charge in [0, 0.05) is 18.4 Å². The number of aliphatic hydroxyl groups is 7. The van der Waals surface area contributed by atoms with E-state index in [-0.39, 0.29) is 48.0 Å². The van der Waals surface area contributed by atoms with Crippen LogP contribution in [-0.2, 0) is 0 Å². The number of hydrogen-bond acceptors (Lipinski definition) is 7. The molecule has 0 heterocycles. The van der Waals surface area contributed by atoms with E-state index in [4.69, 9.17) is 0 Å². The maximum atomic E-state index is 11.6. The molecule has 4 saturated carbocycles. The van der Waals surface area contributed by atoms with Gasteiger partial charge in [-0.25, -0.2) is 0 Å². The van der Waals surface area contributed by atoms with Gasteiger partial charge in [0.1, 0.15) is 11.7 Å². The minimum Gasteiger partial charge on any atom is -0.396 e. The van der Waals surface area contributed by atoms with Crippen molar-refractivity contribution in [1.82, 2.24) is 0 Å². The minimum absolute atomic E-state index is 0.0456. The third kappa shape index (κ3) is 3.72. The van der Waals surface area contributed by atoms with Crippen LogP contribution in [0.3, 0.4) is 0 Å². The van der Waals surface area contributed by atoms with Gasteiger partial charge in [-0.1, -0.05) is 40.5 Å². The fraction of sp³-hybridized carbons (Fsp3) is 1.00. The molecule has 0 aromatic carbocycles. The lowest BCUT2D eigenvalue weighted by Gasteiger charge is -2.66. The second-order valence-electron chi connectivity index (χ2n) is 13.1. The van der Waals surface area contributed by atoms with Crippen molar-refractivity contribution >= 4 is 0 Å². The first-order chi connectivity index (χ1) is 15.8. The van der Waals surface area contributed by atoms with Gasteiger partial charge in [0.25, 0.3) is 0 Å². The summed E-state index contributed by atoms with van der Waals surface area (Å²) < 4.78 is 0. The van der Waals surface area contributed by atoms with Crippen LogP contribution in [0, 0.1) is 46.3 Å². The van der Waals surface area contributed by atoms with E-state index in [1.165, 1.54) is 0 Å². The normalized spacial score (nSPS) is 54.6. The predicted molar refractivity (Wildman–Crippen MR) is 128 cm³/mol. The summed E-state index contributed by atoms with van der Waals surface area (Å²) in [4.78, 5) is 0. The molecule has 0 saturated heterocycles. The molecule has 198 valence electrons. The molecule has 0 bridgehead atoms. The predicted octanol–water partition coefficient (Wildman–Crippen LogP) is 1.44. The van der Waals surface area contributed by atoms with E-state index in [1.54, 1.807) is 0 Å². The lowest BCUT2D eigenvalue weighted by atomic mass is 9.41. The Balaban J connectivity index is 1.63. The zero-order chi connectivity index (χ0) is 25.2. The average molecular weight is 485 g/mol. The SMILES string of the molecule is C[C@H](CO)CCC[C@@H](C)[C@H]1[C@@H](O)[C@H](O)[C@@H]2[C@@H]3[C@H](O)[C@@H](O)[C@@]4(O)C[C@@H](O)CC[C@]4(C)[C@@H]3CC[C@@]21C. The zero-order valence-corrected chi connectivity index (χ0v) is 21.3. The van der Waals surface area contributed by atoms with E-state index in [9.17, 15) is 35.7 Å². The van der Waals surface area contributed by atoms with Crippen LogP contribution >= 0.6 is 0 Å². The summed E-state index contributed by atoms with van der Waals surface area (Å²) in [5.41, 5.74) is -2.63. The van der Waals surface area contributed by atoms with Gasteiger partial charge in [-0.05, 0) is 73.0 Å². The Morgan fingerprint density at radius 3 is 2.21 bits per heavy atom. The summed E-state index contributed by atoms with van der Waals surface area (Å²) in [6, 6.07) is 0. The molecular formula is C27H48O7. The smallest absolute Gasteiger partial charge is 0.109 e. The monoisotopic (exact) mass is 484 g/mol. The molecule has 4 fully saturated rings. The van der Waals surface area contributed by atoms with E-state index < -0.39 is 47.5 Å². The molecule has 0 spiro atoms. The highest BCUT2D eigenvalue weighted by Crippen LogP contribution is 2.69. The van der Waals surface area contributed by atoms with Crippen molar-refractivity contribution in [1.29, 1.82) is 0 Å². The summed E-state index contributed by atoms with van der Waals surface area (Å²) in [6.07, 6.45) is 0.224. The van der Waals surface area contributed by atoms with Crippen LogP contribution in [-0.4, -0.2) is 78.5 Å². The van der Waals surface area contributed by atoms with Crippen molar-refractivity contribution in [2.75, 3.05) is 6.61 Å². The molecule has 7 nitrogen and oxygen atoms in total. The van der Waals surface area contributed by atoms with Crippen LogP contribution in [0.2, 0.25) is 0 Å². The lowest BCUT2D eigenvalue weighted by Crippen LogP contribution is -2.73. The van der Waals surface area contributed by atoms with Crippen molar-refractivity contribution in [2.24, 2.45) is 46.3 Å². The van der Waals surface area contributed by atoms with E-state index in [0.29, 0.717) is 12.8 Å². The molecule has 0 aromatic heterocycles. The Morgan fingerprint density at radius 2 is 1.56 bits per heavy atom. The van der Waals surface area contributed by atoms with E-state index in [0.717, 1.165) is 32.1 Å². The van der Waals surface area contributed by atoms with Crippen LogP contribution in [0.4, 0.5) is 0 Å². The molecule has 34 heavy (non-hydrogen) atoms. The maximum Gasteiger partial charge on any atom is 0.109 e. The van der Waals surface area contributed by atoms with Crippen molar-refractivity contribution in [3.8, 4) is 0 Å². The highest BCUT2D eigenvalue weighted by atomic mass is 16.4. The third-order valence-corrected chi connectivity index (χ3v) is 11.3. The number of hydrogen-bond donors (Lipinski definition) is 7. The van der Waals surface area contributed by atoms with Gasteiger partial charge in [-0.2, -0.15) is 0 Å². The summed E-state index contributed by atoms with van der Waals surface area (Å²) in [5.74, 6) is -0.609. The van der Waals surface area contributed by atoms with Gasteiger partial charge in [-0.3, -0.25) is 0 Å². The Bertz CT molecular complexity index is 734. The Labute approximate surface area is 204 Å². The minimum atomic E-state index is -1.57. The first-order valence-corrected chi connectivity index (χ1v) is 13.6. The second-order valence-corrected chi connectivity index (χ2v) is 13.1. The van der Waals surface area contributed by atoms with Gasteiger partial charge in [0.15, 0.2) is 0 Å². The maximum absolute atomic E-state index is 11.6. The summed E-state index contributed by atoms with van der Waals surface area (Å²) in [6.45, 7) is 8.45. The van der Waals surface area contributed by atoms with E-state index in [2.05, 4.69) is 13.8 Å². The molecule has 0 aliphatic heterocycles. The molecule has 4 rings (SSSR count). The highest BCUT2D eigenvalue weighted by Gasteiger charge is 2.72. The molecule has 7 heteroatoms. The molecule has 14 atom stereocenters. The van der Waals surface area contributed by atoms with Crippen LogP contribution in [0.25, 0.3) is 0 Å². The van der Waals surface area contributed by atoms with Gasteiger partial charge in [0.2, 0.25) is 0 Å². The number of fused-ring (bicyclic) bond motifs is 5. The lowest BCUT2D eigenvalue weighted by molar-refractivity contribution is -0.301. The van der Waals surface area contributed by atoms with Crippen LogP contribution in [0.15, 0.2) is 0 Å². The van der Waals surface area contributed by atoms with Gasteiger partial charge >= 0.3 is 0 Å². The molecule has 4 aliphatic carbocycles. The number of aliphatic hydroxyl groups excluding tert-OH is 6. The van der Waals surface area contributed by atoms with Crippen molar-refractivity contribution in [3.05, 3.63) is 0 Å². The van der Waals surface area contributed by atoms with Crippen LogP contribution in [0.5, 0.6) is 0 Å². The molecule has 0 amide bonds. The quantitative estimate of drug-likeness (QED) is 0.302. The first-order valence-electron chi connectivity index (χ1n) is 13.6. The van der Waals surface area contributed by atoms with Gasteiger partial charge < -0.3 is 35.7 Å². The second kappa shape index (κ2) is 9.23. The molecule has 0 unspecified atom stereocenters. The van der Waals surface area contributed by atoms with Gasteiger partial charge in [-0.15, -0.1) is 0 Å². The molecular weight excluding hydrogens is 436 g/mol. The Morgan fingerprint density at radius 1 is 0.882 bits per heavy atom. The molecule has 7 N–H and O–H groups in total. The molecule has 0 radical (unpaired) electrons. The van der Waals surface area contributed by atoms with Crippen molar-refractivity contribution in [3.63, 3.8) is 0 Å². The molecule has 4 aliphatic rings. The fourth-order valence-corrected chi connectivity index (χ4v) is 9.41. The van der Waals surface area contributed by atoms with E-state index >= 15 is 0 Å². The van der Waals surface area contributed by atoms with Crippen molar-refractivity contribution in [2.45, 2.75) is 115 Å². The fourth-order valence-electron chi connectivity index (χ4n) is 9.41.